The van der Waals surface area contributed by atoms with E-state index in [4.69, 9.17) is 14.2 Å². The molecule has 1 saturated heterocycles. The number of amides is 2. The van der Waals surface area contributed by atoms with Crippen LogP contribution in [0.3, 0.4) is 0 Å². The molecular formula is C19H18N2O5. The van der Waals surface area contributed by atoms with E-state index in [0.717, 1.165) is 0 Å². The number of nitrogens with one attached hydrogen (secondary N) is 1. The Balaban J connectivity index is 1.53. The molecule has 1 N–H and O–H groups in total. The number of ether oxygens (including phenoxy) is 3. The second-order valence-corrected chi connectivity index (χ2v) is 6.07. The summed E-state index contributed by atoms with van der Waals surface area (Å²) in [6.45, 7) is 0.176. The number of anilines is 2. The summed E-state index contributed by atoms with van der Waals surface area (Å²) in [7, 11) is 1.58. The molecule has 0 bridgehead atoms. The molecule has 1 atom stereocenters. The van der Waals surface area contributed by atoms with Crippen LogP contribution in [0.15, 0.2) is 42.5 Å². The third-order valence-corrected chi connectivity index (χ3v) is 4.51. The third-order valence-electron chi connectivity index (χ3n) is 4.51. The topological polar surface area (TPSA) is 77.1 Å². The smallest absolute Gasteiger partial charge is 0.247 e. The number of benzene rings is 2. The van der Waals surface area contributed by atoms with Crippen LogP contribution in [0.4, 0.5) is 11.4 Å². The van der Waals surface area contributed by atoms with Crippen molar-refractivity contribution < 1.29 is 23.8 Å². The van der Waals surface area contributed by atoms with E-state index in [2.05, 4.69) is 5.32 Å². The molecule has 2 aromatic rings. The average molecular weight is 354 g/mol. The summed E-state index contributed by atoms with van der Waals surface area (Å²) < 4.78 is 15.7. The van der Waals surface area contributed by atoms with Gasteiger partial charge in [-0.15, -0.1) is 0 Å². The molecule has 4 rings (SSSR count). The monoisotopic (exact) mass is 354 g/mol. The number of methoxy groups -OCH3 is 1. The summed E-state index contributed by atoms with van der Waals surface area (Å²) in [6, 6.07) is 11.8. The molecule has 26 heavy (non-hydrogen) atoms. The summed E-state index contributed by atoms with van der Waals surface area (Å²) in [5, 5.41) is 2.86. The van der Waals surface area contributed by atoms with Gasteiger partial charge in [-0.1, -0.05) is 0 Å². The molecule has 0 saturated carbocycles. The highest BCUT2D eigenvalue weighted by Crippen LogP contribution is 2.35. The highest BCUT2D eigenvalue weighted by atomic mass is 16.7. The standard InChI is InChI=1S/C19H18N2O5/c1-24-14-5-3-13(4-6-14)21-15(7-9-18(21)22)19(23)20-12-2-8-16-17(10-12)26-11-25-16/h2-6,8,10,15H,7,9,11H2,1H3,(H,20,23). The number of carbonyl (C=O) groups is 2. The zero-order chi connectivity index (χ0) is 18.1. The van der Waals surface area contributed by atoms with Crippen molar-refractivity contribution in [1.82, 2.24) is 0 Å². The van der Waals surface area contributed by atoms with E-state index in [9.17, 15) is 9.59 Å². The Labute approximate surface area is 150 Å². The van der Waals surface area contributed by atoms with Crippen molar-refractivity contribution in [3.8, 4) is 17.2 Å². The van der Waals surface area contributed by atoms with Gasteiger partial charge in [-0.25, -0.2) is 0 Å². The second kappa shape index (κ2) is 6.59. The van der Waals surface area contributed by atoms with Crippen LogP contribution in [0, 0.1) is 0 Å². The molecule has 7 nitrogen and oxygen atoms in total. The van der Waals surface area contributed by atoms with Crippen LogP contribution < -0.4 is 24.4 Å². The minimum absolute atomic E-state index is 0.0685. The van der Waals surface area contributed by atoms with Gasteiger partial charge in [0.25, 0.3) is 0 Å². The lowest BCUT2D eigenvalue weighted by Gasteiger charge is -2.24. The quantitative estimate of drug-likeness (QED) is 0.913. The predicted octanol–water partition coefficient (Wildman–Crippen LogP) is 2.56. The van der Waals surface area contributed by atoms with Crippen molar-refractivity contribution in [3.05, 3.63) is 42.5 Å². The van der Waals surface area contributed by atoms with E-state index in [-0.39, 0.29) is 18.6 Å². The molecule has 1 unspecified atom stereocenters. The first-order valence-corrected chi connectivity index (χ1v) is 8.32. The maximum Gasteiger partial charge on any atom is 0.247 e. The van der Waals surface area contributed by atoms with E-state index in [0.29, 0.717) is 41.5 Å². The summed E-state index contributed by atoms with van der Waals surface area (Å²) in [4.78, 5) is 26.6. The number of nitrogens with zero attached hydrogens (tertiary/aromatic N) is 1. The van der Waals surface area contributed by atoms with Crippen molar-refractivity contribution in [3.63, 3.8) is 0 Å². The number of rotatable bonds is 4. The molecule has 0 spiro atoms. The highest BCUT2D eigenvalue weighted by molar-refractivity contribution is 6.07. The first kappa shape index (κ1) is 16.3. The fourth-order valence-corrected chi connectivity index (χ4v) is 3.20. The van der Waals surface area contributed by atoms with Crippen LogP contribution in [0.5, 0.6) is 17.2 Å². The largest absolute Gasteiger partial charge is 0.497 e. The fraction of sp³-hybridized carbons (Fsp3) is 0.263. The molecular weight excluding hydrogens is 336 g/mol. The molecule has 2 heterocycles. The Bertz CT molecular complexity index is 850. The maximum atomic E-state index is 12.8. The Kier molecular flexibility index (Phi) is 4.12. The van der Waals surface area contributed by atoms with Crippen LogP contribution in [0.25, 0.3) is 0 Å². The third kappa shape index (κ3) is 2.92. The van der Waals surface area contributed by atoms with Crippen LogP contribution in [0.1, 0.15) is 12.8 Å². The lowest BCUT2D eigenvalue weighted by atomic mass is 10.1. The zero-order valence-corrected chi connectivity index (χ0v) is 14.2. The molecule has 134 valence electrons. The van der Waals surface area contributed by atoms with Gasteiger partial charge < -0.3 is 19.5 Å². The van der Waals surface area contributed by atoms with Gasteiger partial charge in [0.2, 0.25) is 18.6 Å². The molecule has 1 fully saturated rings. The van der Waals surface area contributed by atoms with Gasteiger partial charge in [-0.2, -0.15) is 0 Å². The molecule has 0 aliphatic carbocycles. The minimum Gasteiger partial charge on any atom is -0.497 e. The van der Waals surface area contributed by atoms with Gasteiger partial charge in [-0.05, 0) is 42.8 Å². The van der Waals surface area contributed by atoms with Crippen molar-refractivity contribution in [2.75, 3.05) is 24.1 Å². The summed E-state index contributed by atoms with van der Waals surface area (Å²) in [5.74, 6) is 1.64. The minimum atomic E-state index is -0.554. The Morgan fingerprint density at radius 3 is 2.69 bits per heavy atom. The van der Waals surface area contributed by atoms with E-state index in [1.54, 1.807) is 54.5 Å². The lowest BCUT2D eigenvalue weighted by Crippen LogP contribution is -2.41. The first-order chi connectivity index (χ1) is 12.7. The number of hydrogen-bond donors (Lipinski definition) is 1. The molecule has 2 aliphatic rings. The van der Waals surface area contributed by atoms with E-state index >= 15 is 0 Å². The van der Waals surface area contributed by atoms with Gasteiger partial charge in [0.15, 0.2) is 11.5 Å². The Morgan fingerprint density at radius 1 is 1.15 bits per heavy atom. The average Bonchev–Trinajstić information content (AvgIpc) is 3.27. The first-order valence-electron chi connectivity index (χ1n) is 8.32. The van der Waals surface area contributed by atoms with Crippen LogP contribution in [0.2, 0.25) is 0 Å². The highest BCUT2D eigenvalue weighted by Gasteiger charge is 2.37. The second-order valence-electron chi connectivity index (χ2n) is 6.07. The van der Waals surface area contributed by atoms with Gasteiger partial charge >= 0.3 is 0 Å². The van der Waals surface area contributed by atoms with Gasteiger partial charge in [0.1, 0.15) is 11.8 Å². The SMILES string of the molecule is COc1ccc(N2C(=O)CCC2C(=O)Nc2ccc3c(c2)OCO3)cc1. The van der Waals surface area contributed by atoms with Gasteiger partial charge in [-0.3, -0.25) is 14.5 Å². The predicted molar refractivity (Wildman–Crippen MR) is 94.7 cm³/mol. The van der Waals surface area contributed by atoms with Crippen molar-refractivity contribution >= 4 is 23.2 Å². The van der Waals surface area contributed by atoms with E-state index < -0.39 is 6.04 Å². The normalized spacial score (nSPS) is 18.1. The Hall–Kier alpha value is -3.22. The fourth-order valence-electron chi connectivity index (χ4n) is 3.20. The van der Waals surface area contributed by atoms with Crippen LogP contribution in [-0.4, -0.2) is 31.8 Å². The molecule has 7 heteroatoms. The molecule has 0 aromatic heterocycles. The van der Waals surface area contributed by atoms with Gasteiger partial charge in [0.05, 0.1) is 7.11 Å². The van der Waals surface area contributed by atoms with Crippen molar-refractivity contribution in [2.24, 2.45) is 0 Å². The van der Waals surface area contributed by atoms with Crippen molar-refractivity contribution in [2.45, 2.75) is 18.9 Å². The van der Waals surface area contributed by atoms with Gasteiger partial charge in [0, 0.05) is 23.9 Å². The summed E-state index contributed by atoms with van der Waals surface area (Å²) in [5.41, 5.74) is 1.28. The number of hydrogen-bond acceptors (Lipinski definition) is 5. The lowest BCUT2D eigenvalue weighted by molar-refractivity contribution is -0.120. The summed E-state index contributed by atoms with van der Waals surface area (Å²) in [6.07, 6.45) is 0.812. The molecule has 2 aliphatic heterocycles. The molecule has 2 aromatic carbocycles. The van der Waals surface area contributed by atoms with Crippen LogP contribution in [-0.2, 0) is 9.59 Å². The summed E-state index contributed by atoms with van der Waals surface area (Å²) >= 11 is 0. The molecule has 0 radical (unpaired) electrons. The molecule has 2 amide bonds. The van der Waals surface area contributed by atoms with Crippen molar-refractivity contribution in [1.29, 1.82) is 0 Å². The van der Waals surface area contributed by atoms with E-state index in [1.807, 2.05) is 0 Å². The van der Waals surface area contributed by atoms with Crippen LogP contribution >= 0.6 is 0 Å². The maximum absolute atomic E-state index is 12.8. The van der Waals surface area contributed by atoms with E-state index in [1.165, 1.54) is 0 Å². The number of carbonyl (C=O) groups excluding carboxylic acids is 2. The Morgan fingerprint density at radius 2 is 1.92 bits per heavy atom. The zero-order valence-electron chi connectivity index (χ0n) is 14.2. The number of fused-ring (bicyclic) bond motifs is 1.